The van der Waals surface area contributed by atoms with Crippen molar-refractivity contribution in [1.82, 2.24) is 4.98 Å². The fourth-order valence-corrected chi connectivity index (χ4v) is 4.17. The van der Waals surface area contributed by atoms with Crippen LogP contribution in [0.5, 0.6) is 0 Å². The summed E-state index contributed by atoms with van der Waals surface area (Å²) in [6.07, 6.45) is 1.34. The molecule has 0 saturated carbocycles. The second-order valence-electron chi connectivity index (χ2n) is 3.87. The Kier molecular flexibility index (Phi) is 3.71. The van der Waals surface area contributed by atoms with Crippen LogP contribution in [0.15, 0.2) is 28.6 Å². The summed E-state index contributed by atoms with van der Waals surface area (Å²) < 4.78 is 26.1. The molecule has 2 N–H and O–H groups in total. The Bertz CT molecular complexity index is 712. The molecule has 0 saturated heterocycles. The van der Waals surface area contributed by atoms with Crippen molar-refractivity contribution in [3.63, 3.8) is 0 Å². The molecule has 0 atom stereocenters. The first-order valence-corrected chi connectivity index (χ1v) is 7.92. The zero-order valence-corrected chi connectivity index (χ0v) is 12.7. The molecule has 0 bridgehead atoms. The normalized spacial score (nSPS) is 11.5. The number of sulfonamides is 1. The molecule has 19 heavy (non-hydrogen) atoms. The first-order chi connectivity index (χ1) is 8.82. The van der Waals surface area contributed by atoms with Crippen LogP contribution in [0.2, 0.25) is 5.02 Å². The summed E-state index contributed by atoms with van der Waals surface area (Å²) in [4.78, 5) is 3.95. The predicted molar refractivity (Wildman–Crippen MR) is 78.3 cm³/mol. The smallest absolute Gasteiger partial charge is 0.275 e. The van der Waals surface area contributed by atoms with E-state index in [0.29, 0.717) is 21.4 Å². The van der Waals surface area contributed by atoms with Gasteiger partial charge >= 0.3 is 0 Å². The number of nitrogen functional groups attached to an aromatic ring is 1. The van der Waals surface area contributed by atoms with Crippen molar-refractivity contribution < 1.29 is 8.42 Å². The third kappa shape index (κ3) is 2.68. The van der Waals surface area contributed by atoms with E-state index in [0.717, 1.165) is 15.6 Å². The van der Waals surface area contributed by atoms with Crippen LogP contribution in [-0.2, 0) is 10.0 Å². The molecule has 102 valence electrons. The Labute approximate surface area is 120 Å². The Balaban J connectivity index is 2.49. The third-order valence-corrected chi connectivity index (χ3v) is 5.90. The van der Waals surface area contributed by atoms with Gasteiger partial charge in [0, 0.05) is 12.1 Å². The fourth-order valence-electron chi connectivity index (χ4n) is 1.52. The van der Waals surface area contributed by atoms with Crippen molar-refractivity contribution >= 4 is 44.3 Å². The van der Waals surface area contributed by atoms with Gasteiger partial charge in [0.2, 0.25) is 0 Å². The quantitative estimate of drug-likeness (QED) is 0.882. The number of benzene rings is 1. The first kappa shape index (κ1) is 14.1. The Hall–Kier alpha value is -1.31. The van der Waals surface area contributed by atoms with Crippen molar-refractivity contribution in [2.24, 2.45) is 0 Å². The summed E-state index contributed by atoms with van der Waals surface area (Å²) in [7, 11) is -2.22. The second kappa shape index (κ2) is 4.99. The highest BCUT2D eigenvalue weighted by Crippen LogP contribution is 2.31. The summed E-state index contributed by atoms with van der Waals surface area (Å²) in [5, 5.41) is 1.11. The van der Waals surface area contributed by atoms with E-state index in [1.807, 2.05) is 0 Å². The van der Waals surface area contributed by atoms with Crippen LogP contribution in [0.1, 0.15) is 5.01 Å². The molecule has 0 unspecified atom stereocenters. The van der Waals surface area contributed by atoms with Gasteiger partial charge in [0.05, 0.1) is 22.6 Å². The SMILES string of the molecule is Cc1ncc(S(=O)(=O)N(C)c2cc(Cl)ccc2N)s1. The fraction of sp³-hybridized carbons (Fsp3) is 0.182. The molecule has 0 spiro atoms. The van der Waals surface area contributed by atoms with Gasteiger partial charge < -0.3 is 5.73 Å². The maximum absolute atomic E-state index is 12.4. The average Bonchev–Trinajstić information content (AvgIpc) is 2.79. The maximum atomic E-state index is 12.4. The topological polar surface area (TPSA) is 76.3 Å². The van der Waals surface area contributed by atoms with Gasteiger partial charge in [-0.2, -0.15) is 0 Å². The lowest BCUT2D eigenvalue weighted by Gasteiger charge is -2.20. The van der Waals surface area contributed by atoms with Crippen LogP contribution in [0.25, 0.3) is 0 Å². The monoisotopic (exact) mass is 317 g/mol. The summed E-state index contributed by atoms with van der Waals surface area (Å²) in [6, 6.07) is 4.70. The van der Waals surface area contributed by atoms with Crippen LogP contribution in [0, 0.1) is 6.92 Å². The lowest BCUT2D eigenvalue weighted by atomic mass is 10.3. The molecule has 1 aromatic heterocycles. The highest BCUT2D eigenvalue weighted by atomic mass is 35.5. The summed E-state index contributed by atoms with van der Waals surface area (Å²) in [6.45, 7) is 1.75. The molecule has 0 aliphatic carbocycles. The zero-order valence-electron chi connectivity index (χ0n) is 10.3. The molecule has 8 heteroatoms. The number of hydrogen-bond donors (Lipinski definition) is 1. The van der Waals surface area contributed by atoms with E-state index in [1.165, 1.54) is 19.3 Å². The number of nitrogens with zero attached hydrogens (tertiary/aromatic N) is 2. The number of aromatic nitrogens is 1. The lowest BCUT2D eigenvalue weighted by Crippen LogP contribution is -2.26. The first-order valence-electron chi connectivity index (χ1n) is 5.29. The number of rotatable bonds is 3. The maximum Gasteiger partial charge on any atom is 0.275 e. The number of nitrogens with two attached hydrogens (primary N) is 1. The second-order valence-corrected chi connectivity index (χ2v) is 7.74. The minimum absolute atomic E-state index is 0.173. The standard InChI is InChI=1S/C11H12ClN3O2S2/c1-7-14-6-11(18-7)19(16,17)15(2)10-5-8(12)3-4-9(10)13/h3-6H,13H2,1-2H3. The molecular formula is C11H12ClN3O2S2. The Morgan fingerprint density at radius 3 is 2.68 bits per heavy atom. The van der Waals surface area contributed by atoms with E-state index in [9.17, 15) is 8.42 Å². The zero-order chi connectivity index (χ0) is 14.2. The van der Waals surface area contributed by atoms with Crippen LogP contribution in [-0.4, -0.2) is 20.4 Å². The van der Waals surface area contributed by atoms with Crippen LogP contribution < -0.4 is 10.0 Å². The summed E-state index contributed by atoms with van der Waals surface area (Å²) >= 11 is 6.99. The van der Waals surface area contributed by atoms with E-state index in [4.69, 9.17) is 17.3 Å². The molecule has 2 aromatic rings. The molecular weight excluding hydrogens is 306 g/mol. The number of thiazole rings is 1. The van der Waals surface area contributed by atoms with E-state index in [2.05, 4.69) is 4.98 Å². The number of anilines is 2. The highest BCUT2D eigenvalue weighted by molar-refractivity contribution is 7.94. The van der Waals surface area contributed by atoms with Gasteiger partial charge in [-0.15, -0.1) is 11.3 Å². The summed E-state index contributed by atoms with van der Waals surface area (Å²) in [5.74, 6) is 0. The van der Waals surface area contributed by atoms with E-state index >= 15 is 0 Å². The van der Waals surface area contributed by atoms with Crippen molar-refractivity contribution in [2.45, 2.75) is 11.1 Å². The Morgan fingerprint density at radius 2 is 2.11 bits per heavy atom. The van der Waals surface area contributed by atoms with Gasteiger partial charge in [-0.1, -0.05) is 11.6 Å². The largest absolute Gasteiger partial charge is 0.397 e. The molecule has 0 aliphatic rings. The summed E-state index contributed by atoms with van der Waals surface area (Å²) in [5.41, 5.74) is 6.48. The van der Waals surface area contributed by atoms with Gasteiger partial charge in [0.15, 0.2) is 4.21 Å². The Morgan fingerprint density at radius 1 is 1.42 bits per heavy atom. The van der Waals surface area contributed by atoms with Gasteiger partial charge in [-0.3, -0.25) is 4.31 Å². The molecule has 0 fully saturated rings. The van der Waals surface area contributed by atoms with Crippen molar-refractivity contribution in [3.05, 3.63) is 34.4 Å². The number of aryl methyl sites for hydroxylation is 1. The molecule has 0 aliphatic heterocycles. The minimum atomic E-state index is -3.66. The minimum Gasteiger partial charge on any atom is -0.397 e. The molecule has 0 radical (unpaired) electrons. The highest BCUT2D eigenvalue weighted by Gasteiger charge is 2.25. The molecule has 5 nitrogen and oxygen atoms in total. The van der Waals surface area contributed by atoms with Crippen LogP contribution in [0.4, 0.5) is 11.4 Å². The van der Waals surface area contributed by atoms with Crippen molar-refractivity contribution in [1.29, 1.82) is 0 Å². The lowest BCUT2D eigenvalue weighted by molar-refractivity contribution is 0.596. The predicted octanol–water partition coefficient (Wildman–Crippen LogP) is 2.51. The number of halogens is 1. The van der Waals surface area contributed by atoms with Gasteiger partial charge in [0.25, 0.3) is 10.0 Å². The molecule has 1 heterocycles. The van der Waals surface area contributed by atoms with Crippen molar-refractivity contribution in [3.8, 4) is 0 Å². The molecule has 1 aromatic carbocycles. The van der Waals surface area contributed by atoms with Gasteiger partial charge in [-0.05, 0) is 25.1 Å². The van der Waals surface area contributed by atoms with Crippen LogP contribution in [0.3, 0.4) is 0 Å². The van der Waals surface area contributed by atoms with Gasteiger partial charge in [0.1, 0.15) is 0 Å². The van der Waals surface area contributed by atoms with E-state index in [-0.39, 0.29) is 4.21 Å². The average molecular weight is 318 g/mol. The molecule has 0 amide bonds. The van der Waals surface area contributed by atoms with E-state index in [1.54, 1.807) is 19.1 Å². The third-order valence-electron chi connectivity index (χ3n) is 2.55. The number of hydrogen-bond acceptors (Lipinski definition) is 5. The van der Waals surface area contributed by atoms with Crippen molar-refractivity contribution in [2.75, 3.05) is 17.1 Å². The molecule has 2 rings (SSSR count). The van der Waals surface area contributed by atoms with Crippen LogP contribution >= 0.6 is 22.9 Å². The van der Waals surface area contributed by atoms with Gasteiger partial charge in [-0.25, -0.2) is 13.4 Å². The van der Waals surface area contributed by atoms with E-state index < -0.39 is 10.0 Å².